The second-order valence-corrected chi connectivity index (χ2v) is 6.39. The second-order valence-electron chi connectivity index (χ2n) is 5.36. The molecule has 1 aromatic rings. The van der Waals surface area contributed by atoms with Gasteiger partial charge in [-0.3, -0.25) is 0 Å². The van der Waals surface area contributed by atoms with Gasteiger partial charge in [-0.2, -0.15) is 0 Å². The summed E-state index contributed by atoms with van der Waals surface area (Å²) >= 11 is 1.87. The van der Waals surface area contributed by atoms with Gasteiger partial charge in [0.25, 0.3) is 0 Å². The van der Waals surface area contributed by atoms with Crippen LogP contribution < -0.4 is 0 Å². The molecule has 18 heavy (non-hydrogen) atoms. The van der Waals surface area contributed by atoms with Crippen molar-refractivity contribution in [2.75, 3.05) is 26.2 Å². The van der Waals surface area contributed by atoms with Crippen LogP contribution in [0, 0.1) is 5.92 Å². The van der Waals surface area contributed by atoms with E-state index < -0.39 is 0 Å². The minimum absolute atomic E-state index is 0.356. The molecule has 1 aromatic heterocycles. The third-order valence-corrected chi connectivity index (χ3v) is 4.79. The van der Waals surface area contributed by atoms with Crippen molar-refractivity contribution in [3.63, 3.8) is 0 Å². The number of nitrogens with zero attached hydrogens (tertiary/aromatic N) is 1. The molecule has 0 saturated carbocycles. The van der Waals surface area contributed by atoms with E-state index in [0.29, 0.717) is 6.61 Å². The Morgan fingerprint density at radius 3 is 3.11 bits per heavy atom. The van der Waals surface area contributed by atoms with Crippen LogP contribution in [0.25, 0.3) is 0 Å². The quantitative estimate of drug-likeness (QED) is 0.820. The van der Waals surface area contributed by atoms with E-state index >= 15 is 0 Å². The Balaban J connectivity index is 1.63. The molecule has 0 amide bonds. The average molecular weight is 267 g/mol. The third kappa shape index (κ3) is 4.71. The lowest BCUT2D eigenvalue weighted by molar-refractivity contribution is 0.158. The van der Waals surface area contributed by atoms with Gasteiger partial charge in [-0.15, -0.1) is 11.3 Å². The third-order valence-electron chi connectivity index (χ3n) is 3.85. The van der Waals surface area contributed by atoms with Gasteiger partial charge in [0.2, 0.25) is 0 Å². The fraction of sp³-hybridized carbons (Fsp3) is 0.733. The molecular formula is C15H25NOS. The average Bonchev–Trinajstić information content (AvgIpc) is 2.90. The van der Waals surface area contributed by atoms with E-state index in [1.54, 1.807) is 0 Å². The monoisotopic (exact) mass is 267 g/mol. The minimum Gasteiger partial charge on any atom is -0.396 e. The molecular weight excluding hydrogens is 242 g/mol. The number of piperidine rings is 1. The van der Waals surface area contributed by atoms with Gasteiger partial charge in [0.05, 0.1) is 0 Å². The highest BCUT2D eigenvalue weighted by molar-refractivity contribution is 7.09. The van der Waals surface area contributed by atoms with E-state index in [-0.39, 0.29) is 0 Å². The lowest BCUT2D eigenvalue weighted by Crippen LogP contribution is -2.36. The van der Waals surface area contributed by atoms with Crippen LogP contribution in [0.4, 0.5) is 0 Å². The van der Waals surface area contributed by atoms with Crippen LogP contribution >= 0.6 is 11.3 Å². The van der Waals surface area contributed by atoms with Gasteiger partial charge in [0.1, 0.15) is 0 Å². The molecule has 0 aliphatic carbocycles. The largest absolute Gasteiger partial charge is 0.396 e. The predicted octanol–water partition coefficient (Wildman–Crippen LogP) is 3.17. The van der Waals surface area contributed by atoms with Crippen molar-refractivity contribution in [1.82, 2.24) is 4.90 Å². The molecule has 1 aliphatic heterocycles. The molecule has 1 atom stereocenters. The molecule has 2 heterocycles. The van der Waals surface area contributed by atoms with Gasteiger partial charge in [-0.05, 0) is 69.0 Å². The van der Waals surface area contributed by atoms with Crippen molar-refractivity contribution in [3.05, 3.63) is 22.4 Å². The molecule has 1 unspecified atom stereocenters. The zero-order valence-electron chi connectivity index (χ0n) is 11.2. The second kappa shape index (κ2) is 7.93. The van der Waals surface area contributed by atoms with Crippen molar-refractivity contribution in [2.45, 2.75) is 38.5 Å². The first-order valence-electron chi connectivity index (χ1n) is 7.24. The first-order valence-corrected chi connectivity index (χ1v) is 8.12. The Kier molecular flexibility index (Phi) is 6.18. The molecule has 1 N–H and O–H groups in total. The van der Waals surface area contributed by atoms with Crippen LogP contribution in [0.1, 0.15) is 37.0 Å². The van der Waals surface area contributed by atoms with E-state index in [4.69, 9.17) is 5.11 Å². The van der Waals surface area contributed by atoms with Crippen LogP contribution in [-0.2, 0) is 6.42 Å². The van der Waals surface area contributed by atoms with E-state index in [2.05, 4.69) is 22.4 Å². The first kappa shape index (κ1) is 14.0. The maximum Gasteiger partial charge on any atom is 0.0431 e. The van der Waals surface area contributed by atoms with Gasteiger partial charge in [-0.1, -0.05) is 6.07 Å². The van der Waals surface area contributed by atoms with Crippen LogP contribution in [0.3, 0.4) is 0 Å². The molecule has 0 radical (unpaired) electrons. The summed E-state index contributed by atoms with van der Waals surface area (Å²) in [5.74, 6) is 0.827. The smallest absolute Gasteiger partial charge is 0.0431 e. The van der Waals surface area contributed by atoms with Crippen molar-refractivity contribution in [2.24, 2.45) is 5.92 Å². The Hall–Kier alpha value is -0.380. The number of thiophene rings is 1. The number of hydrogen-bond acceptors (Lipinski definition) is 3. The predicted molar refractivity (Wildman–Crippen MR) is 78.1 cm³/mol. The number of aliphatic hydroxyl groups is 1. The molecule has 1 saturated heterocycles. The van der Waals surface area contributed by atoms with E-state index in [0.717, 1.165) is 12.3 Å². The number of rotatable bonds is 7. The molecule has 0 aromatic carbocycles. The number of likely N-dealkylation sites (tertiary alicyclic amines) is 1. The Morgan fingerprint density at radius 2 is 2.33 bits per heavy atom. The van der Waals surface area contributed by atoms with E-state index in [9.17, 15) is 0 Å². The summed E-state index contributed by atoms with van der Waals surface area (Å²) in [6.07, 6.45) is 7.41. The number of aliphatic hydroxyl groups excluding tert-OH is 1. The fourth-order valence-corrected chi connectivity index (χ4v) is 3.65. The van der Waals surface area contributed by atoms with Gasteiger partial charge in [0.15, 0.2) is 0 Å². The molecule has 0 bridgehead atoms. The normalized spacial score (nSPS) is 21.3. The Labute approximate surface area is 115 Å². The summed E-state index contributed by atoms with van der Waals surface area (Å²) in [7, 11) is 0. The van der Waals surface area contributed by atoms with Crippen molar-refractivity contribution in [1.29, 1.82) is 0 Å². The summed E-state index contributed by atoms with van der Waals surface area (Å²) < 4.78 is 0. The fourth-order valence-electron chi connectivity index (χ4n) is 2.90. The molecule has 2 rings (SSSR count). The topological polar surface area (TPSA) is 23.5 Å². The van der Waals surface area contributed by atoms with Gasteiger partial charge in [0, 0.05) is 18.0 Å². The van der Waals surface area contributed by atoms with Gasteiger partial charge >= 0.3 is 0 Å². The van der Waals surface area contributed by atoms with Crippen LogP contribution in [0.5, 0.6) is 0 Å². The summed E-state index contributed by atoms with van der Waals surface area (Å²) in [4.78, 5) is 4.14. The Morgan fingerprint density at radius 1 is 1.39 bits per heavy atom. The highest BCUT2D eigenvalue weighted by Crippen LogP contribution is 2.21. The first-order chi connectivity index (χ1) is 8.88. The zero-order chi connectivity index (χ0) is 12.6. The summed E-state index contributed by atoms with van der Waals surface area (Å²) in [5, 5.41) is 11.1. The number of hydrogen-bond donors (Lipinski definition) is 1. The van der Waals surface area contributed by atoms with Crippen LogP contribution in [0.2, 0.25) is 0 Å². The Bertz CT molecular complexity index is 312. The van der Waals surface area contributed by atoms with E-state index in [1.807, 2.05) is 11.3 Å². The highest BCUT2D eigenvalue weighted by Gasteiger charge is 2.18. The SMILES string of the molecule is OCCCC1CCCN(CCCc2cccs2)C1. The summed E-state index contributed by atoms with van der Waals surface area (Å²) in [6.45, 7) is 4.13. The maximum absolute atomic E-state index is 8.90. The van der Waals surface area contributed by atoms with Crippen LogP contribution in [-0.4, -0.2) is 36.2 Å². The zero-order valence-corrected chi connectivity index (χ0v) is 12.0. The molecule has 3 heteroatoms. The standard InChI is InChI=1S/C15H25NOS/c17-11-3-6-14-5-1-9-16(13-14)10-2-7-15-8-4-12-18-15/h4,8,12,14,17H,1-3,5-7,9-11,13H2. The lowest BCUT2D eigenvalue weighted by Gasteiger charge is -2.32. The molecule has 0 spiro atoms. The van der Waals surface area contributed by atoms with E-state index in [1.165, 1.54) is 56.6 Å². The lowest BCUT2D eigenvalue weighted by atomic mass is 9.93. The van der Waals surface area contributed by atoms with Crippen LogP contribution in [0.15, 0.2) is 17.5 Å². The van der Waals surface area contributed by atoms with Gasteiger partial charge in [-0.25, -0.2) is 0 Å². The maximum atomic E-state index is 8.90. The summed E-state index contributed by atoms with van der Waals surface area (Å²) in [6, 6.07) is 4.39. The minimum atomic E-state index is 0.356. The molecule has 102 valence electrons. The van der Waals surface area contributed by atoms with Gasteiger partial charge < -0.3 is 10.0 Å². The highest BCUT2D eigenvalue weighted by atomic mass is 32.1. The molecule has 2 nitrogen and oxygen atoms in total. The van der Waals surface area contributed by atoms with Crippen molar-refractivity contribution >= 4 is 11.3 Å². The van der Waals surface area contributed by atoms with Crippen molar-refractivity contribution in [3.8, 4) is 0 Å². The number of aryl methyl sites for hydroxylation is 1. The molecule has 1 fully saturated rings. The van der Waals surface area contributed by atoms with Crippen molar-refractivity contribution < 1.29 is 5.11 Å². The summed E-state index contributed by atoms with van der Waals surface area (Å²) in [5.41, 5.74) is 0. The molecule has 1 aliphatic rings.